The predicted molar refractivity (Wildman–Crippen MR) is 153 cm³/mol. The molecule has 0 saturated heterocycles. The van der Waals surface area contributed by atoms with Crippen molar-refractivity contribution >= 4 is 12.1 Å². The van der Waals surface area contributed by atoms with Crippen LogP contribution >= 0.6 is 0 Å². The Kier molecular flexibility index (Phi) is 11.5. The minimum absolute atomic E-state index is 0.0666. The molecule has 1 aliphatic rings. The van der Waals surface area contributed by atoms with Gasteiger partial charge >= 0.3 is 12.1 Å². The Morgan fingerprint density at radius 3 is 2.08 bits per heavy atom. The van der Waals surface area contributed by atoms with E-state index in [4.69, 9.17) is 23.7 Å². The maximum absolute atomic E-state index is 12.4. The number of benzene rings is 1. The molecule has 1 aliphatic carbocycles. The van der Waals surface area contributed by atoms with Crippen LogP contribution in [0, 0.1) is 16.7 Å². The number of ether oxygens (including phenoxy) is 5. The van der Waals surface area contributed by atoms with Gasteiger partial charge in [-0.2, -0.15) is 0 Å². The van der Waals surface area contributed by atoms with Crippen molar-refractivity contribution in [3.63, 3.8) is 0 Å². The quantitative estimate of drug-likeness (QED) is 0.158. The molecule has 2 unspecified atom stereocenters. The first kappa shape index (κ1) is 32.3. The van der Waals surface area contributed by atoms with Crippen LogP contribution in [0.1, 0.15) is 98.6 Å². The molecule has 39 heavy (non-hydrogen) atoms. The van der Waals surface area contributed by atoms with Crippen molar-refractivity contribution in [2.24, 2.45) is 16.7 Å². The molecule has 0 spiro atoms. The molecule has 2 rings (SSSR count). The van der Waals surface area contributed by atoms with Gasteiger partial charge in [-0.05, 0) is 82.9 Å². The monoisotopic (exact) mass is 544 g/mol. The summed E-state index contributed by atoms with van der Waals surface area (Å²) in [6.45, 7) is 21.5. The first-order valence-electron chi connectivity index (χ1n) is 13.8. The summed E-state index contributed by atoms with van der Waals surface area (Å²) in [4.78, 5) is 24.5. The first-order valence-corrected chi connectivity index (χ1v) is 13.8. The summed E-state index contributed by atoms with van der Waals surface area (Å²) >= 11 is 0. The van der Waals surface area contributed by atoms with Gasteiger partial charge in [0.1, 0.15) is 11.5 Å². The van der Waals surface area contributed by atoms with Crippen LogP contribution in [0.3, 0.4) is 0 Å². The van der Waals surface area contributed by atoms with E-state index in [1.54, 1.807) is 20.8 Å². The second-order valence-electron chi connectivity index (χ2n) is 12.7. The fourth-order valence-corrected chi connectivity index (χ4v) is 4.38. The van der Waals surface area contributed by atoms with Crippen LogP contribution < -0.4 is 9.47 Å². The Hall–Kier alpha value is -2.96. The van der Waals surface area contributed by atoms with Gasteiger partial charge in [0.2, 0.25) is 13.6 Å². The van der Waals surface area contributed by atoms with E-state index in [2.05, 4.69) is 26.5 Å². The molecular formula is C32H48O7. The summed E-state index contributed by atoms with van der Waals surface area (Å²) in [5.74, 6) is 0.896. The second kappa shape index (κ2) is 13.9. The Bertz CT molecular complexity index is 1040. The Morgan fingerprint density at radius 1 is 0.974 bits per heavy atom. The van der Waals surface area contributed by atoms with E-state index < -0.39 is 11.6 Å². The molecule has 7 heteroatoms. The van der Waals surface area contributed by atoms with Crippen LogP contribution in [0.4, 0.5) is 4.79 Å². The number of carbonyl (C=O) groups excluding carboxylic acids is 2. The predicted octanol–water partition coefficient (Wildman–Crippen LogP) is 8.12. The van der Waals surface area contributed by atoms with Crippen molar-refractivity contribution in [2.45, 2.75) is 93.9 Å². The highest BCUT2D eigenvalue weighted by Crippen LogP contribution is 2.47. The number of carbonyl (C=O) groups is 2. The smallest absolute Gasteiger partial charge is 0.457 e. The van der Waals surface area contributed by atoms with Gasteiger partial charge < -0.3 is 23.7 Å². The van der Waals surface area contributed by atoms with E-state index in [0.717, 1.165) is 42.4 Å². The average molecular weight is 545 g/mol. The molecule has 2 atom stereocenters. The van der Waals surface area contributed by atoms with E-state index in [1.807, 2.05) is 39.8 Å². The Labute approximate surface area is 234 Å². The second-order valence-corrected chi connectivity index (χ2v) is 12.7. The lowest BCUT2D eigenvalue weighted by Gasteiger charge is -2.33. The fraction of sp³-hybridized carbons (Fsp3) is 0.625. The molecule has 7 nitrogen and oxygen atoms in total. The lowest BCUT2D eigenvalue weighted by atomic mass is 9.73. The maximum atomic E-state index is 12.4. The Balaban J connectivity index is 2.44. The third-order valence-electron chi connectivity index (χ3n) is 6.45. The van der Waals surface area contributed by atoms with E-state index in [1.165, 1.54) is 5.57 Å². The van der Waals surface area contributed by atoms with Crippen LogP contribution in [0.15, 0.2) is 35.9 Å². The van der Waals surface area contributed by atoms with Crippen LogP contribution in [0.25, 0.3) is 0 Å². The van der Waals surface area contributed by atoms with Crippen LogP contribution in [-0.2, 0) is 25.4 Å². The third kappa shape index (κ3) is 10.3. The maximum Gasteiger partial charge on any atom is 0.511 e. The van der Waals surface area contributed by atoms with Gasteiger partial charge in [-0.15, -0.1) is 0 Å². The molecule has 218 valence electrons. The highest BCUT2D eigenvalue weighted by molar-refractivity contribution is 5.75. The fourth-order valence-electron chi connectivity index (χ4n) is 4.38. The zero-order valence-electron chi connectivity index (χ0n) is 25.4. The van der Waals surface area contributed by atoms with E-state index in [-0.39, 0.29) is 43.4 Å². The van der Waals surface area contributed by atoms with Gasteiger partial charge in [0.25, 0.3) is 0 Å². The number of hydrogen-bond donors (Lipinski definition) is 0. The highest BCUT2D eigenvalue weighted by Gasteiger charge is 2.32. The van der Waals surface area contributed by atoms with Crippen molar-refractivity contribution in [1.29, 1.82) is 0 Å². The number of esters is 1. The minimum atomic E-state index is -0.782. The van der Waals surface area contributed by atoms with Gasteiger partial charge in [-0.25, -0.2) is 4.79 Å². The van der Waals surface area contributed by atoms with Crippen LogP contribution in [-0.4, -0.2) is 32.3 Å². The highest BCUT2D eigenvalue weighted by atomic mass is 16.8. The number of rotatable bonds is 11. The van der Waals surface area contributed by atoms with Crippen molar-refractivity contribution in [1.82, 2.24) is 0 Å². The zero-order chi connectivity index (χ0) is 29.4. The molecule has 0 radical (unpaired) electrons. The van der Waals surface area contributed by atoms with E-state index >= 15 is 0 Å². The summed E-state index contributed by atoms with van der Waals surface area (Å²) in [6, 6.07) is 3.96. The molecule has 0 N–H and O–H groups in total. The molecule has 0 saturated carbocycles. The molecule has 0 aliphatic heterocycles. The van der Waals surface area contributed by atoms with E-state index in [0.29, 0.717) is 11.5 Å². The summed E-state index contributed by atoms with van der Waals surface area (Å²) in [7, 11) is 0. The molecule has 0 fully saturated rings. The number of allylic oxidation sites excluding steroid dienone is 3. The zero-order valence-corrected chi connectivity index (χ0v) is 25.4. The first-order chi connectivity index (χ1) is 18.1. The molecule has 0 aromatic heterocycles. The van der Waals surface area contributed by atoms with Crippen LogP contribution in [0.2, 0.25) is 0 Å². The third-order valence-corrected chi connectivity index (χ3v) is 6.45. The van der Waals surface area contributed by atoms with Gasteiger partial charge in [0, 0.05) is 11.5 Å². The van der Waals surface area contributed by atoms with Gasteiger partial charge in [0.15, 0.2) is 0 Å². The molecular weight excluding hydrogens is 496 g/mol. The standard InChI is InChI=1S/C32H48O7/c1-11-12-23-16-26(36-19-38-29(33)32(8,9)10)28(25-15-22(4)13-14-24(25)21(2)3)27(17-23)37-20-39-30(34)35-18-31(5,6)7/h15-17,24-25H,2,11-14,18-20H2,1,3-10H3. The van der Waals surface area contributed by atoms with Gasteiger partial charge in [-0.1, -0.05) is 57.9 Å². The van der Waals surface area contributed by atoms with Crippen LogP contribution in [0.5, 0.6) is 11.5 Å². The summed E-state index contributed by atoms with van der Waals surface area (Å²) in [6.07, 6.45) is 5.11. The van der Waals surface area contributed by atoms with Crippen molar-refractivity contribution in [3.8, 4) is 11.5 Å². The summed E-state index contributed by atoms with van der Waals surface area (Å²) in [5.41, 5.74) is 3.35. The average Bonchev–Trinajstić information content (AvgIpc) is 2.81. The molecule has 0 bridgehead atoms. The molecule has 1 aromatic rings. The van der Waals surface area contributed by atoms with Gasteiger partial charge in [-0.3, -0.25) is 4.79 Å². The number of hydrogen-bond acceptors (Lipinski definition) is 7. The SMILES string of the molecule is C=C(C)C1CCC(C)=CC1c1c(OCOC(=O)OCC(C)(C)C)cc(CCC)cc1OCOC(=O)C(C)(C)C. The Morgan fingerprint density at radius 2 is 1.56 bits per heavy atom. The summed E-state index contributed by atoms with van der Waals surface area (Å²) < 4.78 is 28.1. The number of aryl methyl sites for hydroxylation is 1. The lowest BCUT2D eigenvalue weighted by Crippen LogP contribution is -2.25. The van der Waals surface area contributed by atoms with Gasteiger partial charge in [0.05, 0.1) is 12.0 Å². The van der Waals surface area contributed by atoms with Crippen molar-refractivity contribution in [2.75, 3.05) is 20.2 Å². The van der Waals surface area contributed by atoms with Crippen molar-refractivity contribution in [3.05, 3.63) is 47.1 Å². The largest absolute Gasteiger partial charge is 0.511 e. The van der Waals surface area contributed by atoms with E-state index in [9.17, 15) is 9.59 Å². The topological polar surface area (TPSA) is 80.3 Å². The molecule has 0 amide bonds. The molecule has 0 heterocycles. The minimum Gasteiger partial charge on any atom is -0.457 e. The normalized spacial score (nSPS) is 17.6. The lowest BCUT2D eigenvalue weighted by molar-refractivity contribution is -0.159. The molecule has 1 aromatic carbocycles. The van der Waals surface area contributed by atoms with Crippen molar-refractivity contribution < 1.29 is 33.3 Å². The summed E-state index contributed by atoms with van der Waals surface area (Å²) in [5, 5.41) is 0.